The Hall–Kier alpha value is -2.17. The Bertz CT molecular complexity index is 496. The van der Waals surface area contributed by atoms with E-state index in [4.69, 9.17) is 5.11 Å². The van der Waals surface area contributed by atoms with E-state index in [9.17, 15) is 9.18 Å². The number of halogens is 1. The van der Waals surface area contributed by atoms with Crippen molar-refractivity contribution in [1.82, 2.24) is 9.78 Å². The van der Waals surface area contributed by atoms with E-state index < -0.39 is 12.1 Å². The van der Waals surface area contributed by atoms with E-state index in [-0.39, 0.29) is 5.56 Å². The smallest absolute Gasteiger partial charge is 0.343 e. The predicted molar refractivity (Wildman–Crippen MR) is 55.0 cm³/mol. The van der Waals surface area contributed by atoms with Gasteiger partial charge in [-0.15, -0.1) is 0 Å². The van der Waals surface area contributed by atoms with Gasteiger partial charge in [0.25, 0.3) is 0 Å². The largest absolute Gasteiger partial charge is 0.479 e. The van der Waals surface area contributed by atoms with Crippen molar-refractivity contribution in [2.24, 2.45) is 0 Å². The molecule has 0 radical (unpaired) electrons. The number of hydrogen-bond acceptors (Lipinski definition) is 2. The van der Waals surface area contributed by atoms with Crippen LogP contribution in [0.15, 0.2) is 42.7 Å². The maximum Gasteiger partial charge on any atom is 0.343 e. The van der Waals surface area contributed by atoms with Crippen molar-refractivity contribution < 1.29 is 14.3 Å². The van der Waals surface area contributed by atoms with Crippen molar-refractivity contribution in [3.63, 3.8) is 0 Å². The van der Waals surface area contributed by atoms with Crippen LogP contribution in [0, 0.1) is 0 Å². The van der Waals surface area contributed by atoms with Gasteiger partial charge in [0.1, 0.15) is 0 Å². The molecule has 4 nitrogen and oxygen atoms in total. The molecule has 0 spiro atoms. The van der Waals surface area contributed by atoms with Crippen molar-refractivity contribution in [3.8, 4) is 5.69 Å². The highest BCUT2D eigenvalue weighted by molar-refractivity contribution is 5.73. The normalized spacial score (nSPS) is 12.3. The molecule has 0 aliphatic carbocycles. The summed E-state index contributed by atoms with van der Waals surface area (Å²) in [5.41, 5.74) is 0.794. The lowest BCUT2D eigenvalue weighted by molar-refractivity contribution is -0.143. The highest BCUT2D eigenvalue weighted by Gasteiger charge is 2.20. The second-order valence-corrected chi connectivity index (χ2v) is 3.25. The maximum atomic E-state index is 13.1. The average Bonchev–Trinajstić information content (AvgIpc) is 2.78. The van der Waals surface area contributed by atoms with Crippen molar-refractivity contribution in [3.05, 3.63) is 48.3 Å². The first kappa shape index (κ1) is 10.4. The van der Waals surface area contributed by atoms with E-state index in [2.05, 4.69) is 5.10 Å². The number of benzene rings is 1. The molecule has 0 saturated carbocycles. The Kier molecular flexibility index (Phi) is 2.68. The topological polar surface area (TPSA) is 55.1 Å². The molecule has 2 aromatic rings. The summed E-state index contributed by atoms with van der Waals surface area (Å²) in [6.45, 7) is 0. The van der Waals surface area contributed by atoms with Crippen molar-refractivity contribution in [2.75, 3.05) is 0 Å². The third-order valence-electron chi connectivity index (χ3n) is 2.13. The monoisotopic (exact) mass is 220 g/mol. The highest BCUT2D eigenvalue weighted by Crippen LogP contribution is 2.18. The zero-order chi connectivity index (χ0) is 11.5. The summed E-state index contributed by atoms with van der Waals surface area (Å²) in [6.07, 6.45) is 0.553. The minimum atomic E-state index is -2.03. The second kappa shape index (κ2) is 4.14. The van der Waals surface area contributed by atoms with Crippen LogP contribution in [-0.4, -0.2) is 20.9 Å². The van der Waals surface area contributed by atoms with Crippen molar-refractivity contribution in [2.45, 2.75) is 6.17 Å². The quantitative estimate of drug-likeness (QED) is 0.860. The zero-order valence-electron chi connectivity index (χ0n) is 8.25. The van der Waals surface area contributed by atoms with Gasteiger partial charge in [-0.2, -0.15) is 5.10 Å². The summed E-state index contributed by atoms with van der Waals surface area (Å²) in [5.74, 6) is -1.51. The first-order valence-corrected chi connectivity index (χ1v) is 4.65. The lowest BCUT2D eigenvalue weighted by atomic mass is 10.2. The fourth-order valence-corrected chi connectivity index (χ4v) is 1.33. The molecule has 16 heavy (non-hydrogen) atoms. The fourth-order valence-electron chi connectivity index (χ4n) is 1.33. The Morgan fingerprint density at radius 3 is 2.69 bits per heavy atom. The van der Waals surface area contributed by atoms with Crippen molar-refractivity contribution >= 4 is 5.97 Å². The second-order valence-electron chi connectivity index (χ2n) is 3.25. The number of carboxylic acid groups (broad SMARTS) is 1. The number of aromatic nitrogens is 2. The van der Waals surface area contributed by atoms with Crippen LogP contribution in [-0.2, 0) is 4.79 Å². The number of alkyl halides is 1. The molecule has 1 N–H and O–H groups in total. The molecule has 0 fully saturated rings. The number of para-hydroxylation sites is 1. The molecule has 0 bridgehead atoms. The molecule has 0 aliphatic heterocycles. The van der Waals surface area contributed by atoms with Gasteiger partial charge < -0.3 is 5.11 Å². The van der Waals surface area contributed by atoms with Gasteiger partial charge in [-0.1, -0.05) is 18.2 Å². The van der Waals surface area contributed by atoms with Gasteiger partial charge in [0.05, 0.1) is 11.9 Å². The Labute approximate surface area is 90.9 Å². The van der Waals surface area contributed by atoms with Gasteiger partial charge in [-0.05, 0) is 12.1 Å². The van der Waals surface area contributed by atoms with Gasteiger partial charge in [0, 0.05) is 11.8 Å². The SMILES string of the molecule is O=C(O)C(F)c1cnn(-c2ccccc2)c1. The number of rotatable bonds is 3. The van der Waals surface area contributed by atoms with Crippen LogP contribution in [0.4, 0.5) is 4.39 Å². The zero-order valence-corrected chi connectivity index (χ0v) is 8.25. The average molecular weight is 220 g/mol. The number of carbonyl (C=O) groups is 1. The number of carboxylic acids is 1. The van der Waals surface area contributed by atoms with Crippen LogP contribution in [0.2, 0.25) is 0 Å². The third-order valence-corrected chi connectivity index (χ3v) is 2.13. The van der Waals surface area contributed by atoms with Gasteiger partial charge >= 0.3 is 5.97 Å². The molecular weight excluding hydrogens is 211 g/mol. The summed E-state index contributed by atoms with van der Waals surface area (Å²) in [7, 11) is 0. The lowest BCUT2D eigenvalue weighted by Gasteiger charge is -2.00. The molecule has 5 heteroatoms. The molecule has 0 amide bonds. The number of nitrogens with zero attached hydrogens (tertiary/aromatic N) is 2. The van der Waals surface area contributed by atoms with Crippen molar-refractivity contribution in [1.29, 1.82) is 0 Å². The van der Waals surface area contributed by atoms with Gasteiger partial charge in [-0.3, -0.25) is 0 Å². The van der Waals surface area contributed by atoms with Crippen LogP contribution < -0.4 is 0 Å². The van der Waals surface area contributed by atoms with E-state index in [0.717, 1.165) is 5.69 Å². The Morgan fingerprint density at radius 2 is 2.06 bits per heavy atom. The number of aliphatic carboxylic acids is 1. The molecule has 1 aromatic carbocycles. The molecule has 1 atom stereocenters. The Morgan fingerprint density at radius 1 is 1.38 bits per heavy atom. The van der Waals surface area contributed by atoms with Crippen LogP contribution in [0.1, 0.15) is 11.7 Å². The molecule has 1 unspecified atom stereocenters. The van der Waals surface area contributed by atoms with Gasteiger partial charge in [0.2, 0.25) is 6.17 Å². The number of hydrogen-bond donors (Lipinski definition) is 1. The lowest BCUT2D eigenvalue weighted by Crippen LogP contribution is -2.04. The molecule has 1 heterocycles. The van der Waals surface area contributed by atoms with E-state index in [1.807, 2.05) is 18.2 Å². The van der Waals surface area contributed by atoms with Crippen LogP contribution >= 0.6 is 0 Å². The summed E-state index contributed by atoms with van der Waals surface area (Å²) >= 11 is 0. The minimum Gasteiger partial charge on any atom is -0.479 e. The van der Waals surface area contributed by atoms with Crippen LogP contribution in [0.5, 0.6) is 0 Å². The van der Waals surface area contributed by atoms with E-state index in [1.54, 1.807) is 12.1 Å². The van der Waals surface area contributed by atoms with Crippen LogP contribution in [0.25, 0.3) is 5.69 Å². The summed E-state index contributed by atoms with van der Waals surface area (Å²) in [6, 6.07) is 9.08. The summed E-state index contributed by atoms with van der Waals surface area (Å²) < 4.78 is 14.6. The highest BCUT2D eigenvalue weighted by atomic mass is 19.1. The summed E-state index contributed by atoms with van der Waals surface area (Å²) in [4.78, 5) is 10.4. The van der Waals surface area contributed by atoms with Crippen LogP contribution in [0.3, 0.4) is 0 Å². The Balaban J connectivity index is 2.30. The van der Waals surface area contributed by atoms with E-state index >= 15 is 0 Å². The summed E-state index contributed by atoms with van der Waals surface area (Å²) in [5, 5.41) is 12.4. The molecule has 0 saturated heterocycles. The first-order valence-electron chi connectivity index (χ1n) is 4.65. The predicted octanol–water partition coefficient (Wildman–Crippen LogP) is 1.97. The standard InChI is InChI=1S/C11H9FN2O2/c12-10(11(15)16)8-6-13-14(7-8)9-4-2-1-3-5-9/h1-7,10H,(H,15,16). The fraction of sp³-hybridized carbons (Fsp3) is 0.0909. The van der Waals surface area contributed by atoms with Gasteiger partial charge in [0.15, 0.2) is 0 Å². The van der Waals surface area contributed by atoms with E-state index in [0.29, 0.717) is 0 Å². The molecule has 2 rings (SSSR count). The minimum absolute atomic E-state index is 0.0383. The third kappa shape index (κ3) is 1.93. The molecular formula is C11H9FN2O2. The molecule has 82 valence electrons. The molecule has 1 aromatic heterocycles. The maximum absolute atomic E-state index is 13.1. The molecule has 0 aliphatic rings. The first-order chi connectivity index (χ1) is 7.68. The van der Waals surface area contributed by atoms with E-state index in [1.165, 1.54) is 17.1 Å². The van der Waals surface area contributed by atoms with Gasteiger partial charge in [-0.25, -0.2) is 13.9 Å².